The van der Waals surface area contributed by atoms with Gasteiger partial charge in [0.15, 0.2) is 0 Å². The van der Waals surface area contributed by atoms with E-state index in [2.05, 4.69) is 111 Å². The van der Waals surface area contributed by atoms with Crippen LogP contribution in [0.3, 0.4) is 0 Å². The summed E-state index contributed by atoms with van der Waals surface area (Å²) in [6, 6.07) is 33.4. The molecule has 0 atom stereocenters. The number of carbonyl (C=O) groups is 4. The summed E-state index contributed by atoms with van der Waals surface area (Å²) in [5, 5.41) is 5.24. The number of hydrogen-bond donors (Lipinski definition) is 0. The van der Waals surface area contributed by atoms with Crippen molar-refractivity contribution in [3.63, 3.8) is 0 Å². The van der Waals surface area contributed by atoms with Crippen molar-refractivity contribution in [2.24, 2.45) is 5.41 Å². The molecule has 0 aromatic heterocycles. The molecule has 2 aliphatic rings. The van der Waals surface area contributed by atoms with Gasteiger partial charge in [0, 0.05) is 14.1 Å². The van der Waals surface area contributed by atoms with Crippen molar-refractivity contribution in [2.45, 2.75) is 47.0 Å². The van der Waals surface area contributed by atoms with E-state index in [9.17, 15) is 19.2 Å². The van der Waals surface area contributed by atoms with E-state index in [1.807, 2.05) is 13.8 Å². The molecule has 6 nitrogen and oxygen atoms in total. The number of carbonyl (C=O) groups excluding carboxylic acids is 4. The van der Waals surface area contributed by atoms with Crippen LogP contribution < -0.4 is 0 Å². The number of likely N-dealkylation sites (tertiary alicyclic amines) is 2. The van der Waals surface area contributed by atoms with Crippen molar-refractivity contribution in [2.75, 3.05) is 14.1 Å². The average Bonchev–Trinajstić information content (AvgIpc) is 3.03. The van der Waals surface area contributed by atoms with Gasteiger partial charge in [-0.3, -0.25) is 29.0 Å². The Balaban J connectivity index is 0.000000190. The van der Waals surface area contributed by atoms with Crippen molar-refractivity contribution in [1.29, 1.82) is 0 Å². The predicted molar refractivity (Wildman–Crippen MR) is 162 cm³/mol. The lowest BCUT2D eigenvalue weighted by Gasteiger charge is -2.50. The largest absolute Gasteiger partial charge is 0.284 e. The van der Waals surface area contributed by atoms with Crippen LogP contribution in [0, 0.1) is 5.41 Å². The van der Waals surface area contributed by atoms with Gasteiger partial charge in [0.1, 0.15) is 0 Å². The molecule has 2 saturated heterocycles. The first-order valence-corrected chi connectivity index (χ1v) is 13.8. The highest BCUT2D eigenvalue weighted by Crippen LogP contribution is 2.43. The normalized spacial score (nSPS) is 14.3. The van der Waals surface area contributed by atoms with Gasteiger partial charge in [-0.25, -0.2) is 0 Å². The van der Waals surface area contributed by atoms with Crippen LogP contribution in [0.25, 0.3) is 21.5 Å². The second kappa shape index (κ2) is 15.3. The molecule has 0 aliphatic carbocycles. The molecule has 40 heavy (non-hydrogen) atoms. The topological polar surface area (TPSA) is 74.8 Å². The lowest BCUT2D eigenvalue weighted by molar-refractivity contribution is -0.196. The Morgan fingerprint density at radius 3 is 0.825 bits per heavy atom. The molecule has 2 aliphatic heterocycles. The van der Waals surface area contributed by atoms with Crippen molar-refractivity contribution < 1.29 is 19.2 Å². The Morgan fingerprint density at radius 2 is 0.675 bits per heavy atom. The van der Waals surface area contributed by atoms with Crippen LogP contribution in [-0.4, -0.2) is 47.5 Å². The van der Waals surface area contributed by atoms with Gasteiger partial charge in [-0.15, -0.1) is 0 Å². The van der Waals surface area contributed by atoms with Crippen LogP contribution in [0.5, 0.6) is 0 Å². The second-order valence-electron chi connectivity index (χ2n) is 9.14. The number of imide groups is 2. The Bertz CT molecular complexity index is 1170. The third kappa shape index (κ3) is 6.63. The number of nitrogens with zero attached hydrogens (tertiary/aromatic N) is 2. The fraction of sp³-hybridized carbons (Fsp3) is 0.294. The molecule has 0 saturated carbocycles. The molecule has 4 amide bonds. The minimum atomic E-state index is -1.98. The summed E-state index contributed by atoms with van der Waals surface area (Å²) in [7, 11) is 2.49. The average molecular weight is 541 g/mol. The lowest BCUT2D eigenvalue weighted by Crippen LogP contribution is -2.82. The fourth-order valence-corrected chi connectivity index (χ4v) is 4.25. The summed E-state index contributed by atoms with van der Waals surface area (Å²) in [5.74, 6) is -2.87. The summed E-state index contributed by atoms with van der Waals surface area (Å²) in [6.07, 6.45) is 4.08. The number of unbranched alkanes of at least 4 members (excludes halogenated alkanes) is 2. The molecular weight excluding hydrogens is 500 g/mol. The number of hydrogen-bond acceptors (Lipinski definition) is 4. The maximum absolute atomic E-state index is 11.2. The van der Waals surface area contributed by atoms with E-state index in [4.69, 9.17) is 0 Å². The van der Waals surface area contributed by atoms with E-state index in [1.165, 1.54) is 54.9 Å². The molecule has 0 bridgehead atoms. The van der Waals surface area contributed by atoms with Gasteiger partial charge in [-0.1, -0.05) is 144 Å². The number of benzene rings is 4. The van der Waals surface area contributed by atoms with Crippen molar-refractivity contribution in [1.82, 2.24) is 9.80 Å². The highest BCUT2D eigenvalue weighted by Gasteiger charge is 2.78. The van der Waals surface area contributed by atoms with E-state index in [0.29, 0.717) is 0 Å². The SMILES string of the molecule is CC.CCCCC.CN1C(=O)C2(C1=O)C(=O)N(C)C2=O.c1ccc2ccccc2c1.c1ccc2ccccc2c1. The molecule has 6 heteroatoms. The molecule has 0 unspecified atom stereocenters. The first kappa shape index (κ1) is 31.9. The quantitative estimate of drug-likeness (QED) is 0.205. The van der Waals surface area contributed by atoms with Crippen LogP contribution >= 0.6 is 0 Å². The molecule has 0 N–H and O–H groups in total. The molecule has 4 aromatic rings. The molecule has 0 radical (unpaired) electrons. The highest BCUT2D eigenvalue weighted by molar-refractivity contribution is 6.52. The lowest BCUT2D eigenvalue weighted by atomic mass is 9.69. The van der Waals surface area contributed by atoms with E-state index < -0.39 is 29.0 Å². The van der Waals surface area contributed by atoms with Crippen molar-refractivity contribution in [3.8, 4) is 0 Å². The standard InChI is InChI=1S/2C10H8.C7H6N2O4.C5H12.C2H6/c2*1-2-6-10-8-4-3-7-9(10)5-1;1-8-3(10)7(4(8)11)5(12)9(2)6(7)13;1-3-5-4-2;1-2/h2*1-8H;1-2H3;3-5H2,1-2H3;1-2H3. The minimum absolute atomic E-state index is 0.717. The van der Waals surface area contributed by atoms with Crippen molar-refractivity contribution >= 4 is 45.2 Å². The minimum Gasteiger partial charge on any atom is -0.282 e. The van der Waals surface area contributed by atoms with Gasteiger partial charge < -0.3 is 0 Å². The molecule has 2 heterocycles. The first-order valence-electron chi connectivity index (χ1n) is 13.8. The summed E-state index contributed by atoms with van der Waals surface area (Å²) in [4.78, 5) is 46.3. The molecule has 2 fully saturated rings. The van der Waals surface area contributed by atoms with Gasteiger partial charge in [-0.05, 0) is 21.5 Å². The number of fused-ring (bicyclic) bond motifs is 2. The Morgan fingerprint density at radius 1 is 0.475 bits per heavy atom. The van der Waals surface area contributed by atoms with Crippen LogP contribution in [0.4, 0.5) is 0 Å². The first-order chi connectivity index (χ1) is 19.3. The van der Waals surface area contributed by atoms with Gasteiger partial charge in [0.05, 0.1) is 0 Å². The number of β-lactam (4-membered cyclic amide) rings is 4. The smallest absolute Gasteiger partial charge is 0.282 e. The maximum atomic E-state index is 11.2. The second-order valence-corrected chi connectivity index (χ2v) is 9.14. The van der Waals surface area contributed by atoms with E-state index >= 15 is 0 Å². The summed E-state index contributed by atoms with van der Waals surface area (Å²) in [6.45, 7) is 8.42. The Labute approximate surface area is 237 Å². The van der Waals surface area contributed by atoms with Gasteiger partial charge in [0.2, 0.25) is 0 Å². The highest BCUT2D eigenvalue weighted by atomic mass is 16.2. The zero-order valence-corrected chi connectivity index (χ0v) is 24.4. The zero-order valence-electron chi connectivity index (χ0n) is 24.4. The Kier molecular flexibility index (Phi) is 12.2. The van der Waals surface area contributed by atoms with Gasteiger partial charge in [0.25, 0.3) is 29.0 Å². The molecule has 4 aromatic carbocycles. The predicted octanol–water partition coefficient (Wildman–Crippen LogP) is 6.87. The fourth-order valence-electron chi connectivity index (χ4n) is 4.25. The van der Waals surface area contributed by atoms with Crippen LogP contribution in [-0.2, 0) is 19.2 Å². The summed E-state index contributed by atoms with van der Waals surface area (Å²) in [5.41, 5.74) is -1.98. The monoisotopic (exact) mass is 540 g/mol. The Hall–Kier alpha value is -4.32. The van der Waals surface area contributed by atoms with Gasteiger partial charge >= 0.3 is 0 Å². The van der Waals surface area contributed by atoms with Crippen LogP contribution in [0.15, 0.2) is 97.1 Å². The third-order valence-electron chi connectivity index (χ3n) is 6.53. The summed E-state index contributed by atoms with van der Waals surface area (Å²) < 4.78 is 0. The van der Waals surface area contributed by atoms with E-state index in [-0.39, 0.29) is 0 Å². The molecular formula is C34H40N2O4. The zero-order chi connectivity index (χ0) is 29.7. The summed E-state index contributed by atoms with van der Waals surface area (Å²) >= 11 is 0. The molecule has 1 spiro atoms. The maximum Gasteiger partial charge on any atom is 0.284 e. The molecule has 210 valence electrons. The van der Waals surface area contributed by atoms with Crippen LogP contribution in [0.1, 0.15) is 47.0 Å². The van der Waals surface area contributed by atoms with E-state index in [1.54, 1.807) is 0 Å². The third-order valence-corrected chi connectivity index (χ3v) is 6.53. The van der Waals surface area contributed by atoms with Crippen LogP contribution in [0.2, 0.25) is 0 Å². The van der Waals surface area contributed by atoms with Gasteiger partial charge in [-0.2, -0.15) is 0 Å². The van der Waals surface area contributed by atoms with E-state index in [0.717, 1.165) is 9.80 Å². The number of rotatable bonds is 2. The number of amides is 4. The molecule has 6 rings (SSSR count). The van der Waals surface area contributed by atoms with Crippen molar-refractivity contribution in [3.05, 3.63) is 97.1 Å².